The molecule has 142 valence electrons. The number of aromatic nitrogens is 1. The number of nitrogens with one attached hydrogen (secondary N) is 1. The number of aliphatic hydroxyl groups excluding tert-OH is 1. The SMILES string of the molecule is CC(C)c1ccccc1NC(=O)C1=C(O)CN(c2ccc3ncsc3c2)C1=O. The molecule has 2 amide bonds. The number of carbonyl (C=O) groups is 2. The average molecular weight is 393 g/mol. The lowest BCUT2D eigenvalue weighted by atomic mass is 10.0. The van der Waals surface area contributed by atoms with Crippen LogP contribution in [-0.2, 0) is 9.59 Å². The number of para-hydroxylation sites is 1. The van der Waals surface area contributed by atoms with Gasteiger partial charge in [0, 0.05) is 11.4 Å². The van der Waals surface area contributed by atoms with Crippen molar-refractivity contribution in [3.8, 4) is 0 Å². The van der Waals surface area contributed by atoms with E-state index in [-0.39, 0.29) is 23.8 Å². The molecule has 0 radical (unpaired) electrons. The topological polar surface area (TPSA) is 82.5 Å². The molecule has 2 aromatic carbocycles. The zero-order valence-corrected chi connectivity index (χ0v) is 16.3. The van der Waals surface area contributed by atoms with Crippen LogP contribution in [-0.4, -0.2) is 28.4 Å². The van der Waals surface area contributed by atoms with Gasteiger partial charge in [-0.1, -0.05) is 32.0 Å². The molecule has 3 aromatic rings. The van der Waals surface area contributed by atoms with Crippen molar-refractivity contribution in [3.05, 3.63) is 64.9 Å². The van der Waals surface area contributed by atoms with Crippen LogP contribution in [0.4, 0.5) is 11.4 Å². The summed E-state index contributed by atoms with van der Waals surface area (Å²) < 4.78 is 0.938. The van der Waals surface area contributed by atoms with Gasteiger partial charge in [-0.2, -0.15) is 0 Å². The highest BCUT2D eigenvalue weighted by Gasteiger charge is 2.36. The van der Waals surface area contributed by atoms with Crippen LogP contribution < -0.4 is 10.2 Å². The van der Waals surface area contributed by atoms with E-state index in [1.807, 2.05) is 44.2 Å². The minimum atomic E-state index is -0.600. The van der Waals surface area contributed by atoms with E-state index < -0.39 is 11.8 Å². The second kappa shape index (κ2) is 7.09. The van der Waals surface area contributed by atoms with Gasteiger partial charge in [0.25, 0.3) is 11.8 Å². The summed E-state index contributed by atoms with van der Waals surface area (Å²) in [6.45, 7) is 4.03. The van der Waals surface area contributed by atoms with Gasteiger partial charge in [-0.15, -0.1) is 11.3 Å². The molecule has 0 atom stereocenters. The van der Waals surface area contributed by atoms with Gasteiger partial charge in [0.1, 0.15) is 11.3 Å². The largest absolute Gasteiger partial charge is 0.509 e. The number of hydrogen-bond acceptors (Lipinski definition) is 5. The van der Waals surface area contributed by atoms with E-state index >= 15 is 0 Å². The first-order valence-corrected chi connectivity index (χ1v) is 9.81. The van der Waals surface area contributed by atoms with Crippen LogP contribution in [0.25, 0.3) is 10.2 Å². The Bertz CT molecular complexity index is 1120. The molecule has 1 aliphatic rings. The maximum atomic E-state index is 12.9. The molecule has 2 N–H and O–H groups in total. The predicted molar refractivity (Wildman–Crippen MR) is 111 cm³/mol. The molecule has 2 heterocycles. The van der Waals surface area contributed by atoms with Gasteiger partial charge >= 0.3 is 0 Å². The summed E-state index contributed by atoms with van der Waals surface area (Å²) in [5, 5.41) is 13.1. The molecular weight excluding hydrogens is 374 g/mol. The van der Waals surface area contributed by atoms with E-state index in [0.29, 0.717) is 11.4 Å². The van der Waals surface area contributed by atoms with Gasteiger partial charge in [0.05, 0.1) is 22.3 Å². The smallest absolute Gasteiger partial charge is 0.267 e. The van der Waals surface area contributed by atoms with Gasteiger partial charge in [0.2, 0.25) is 0 Å². The fraction of sp³-hybridized carbons (Fsp3) is 0.190. The number of amides is 2. The van der Waals surface area contributed by atoms with E-state index in [1.165, 1.54) is 16.2 Å². The Morgan fingerprint density at radius 1 is 1.25 bits per heavy atom. The Morgan fingerprint density at radius 3 is 2.82 bits per heavy atom. The van der Waals surface area contributed by atoms with Crippen LogP contribution in [0.3, 0.4) is 0 Å². The third kappa shape index (κ3) is 3.14. The highest BCUT2D eigenvalue weighted by molar-refractivity contribution is 7.16. The summed E-state index contributed by atoms with van der Waals surface area (Å²) in [4.78, 5) is 31.3. The summed E-state index contributed by atoms with van der Waals surface area (Å²) in [5.41, 5.74) is 4.59. The fourth-order valence-electron chi connectivity index (χ4n) is 3.31. The van der Waals surface area contributed by atoms with Crippen LogP contribution in [0.2, 0.25) is 0 Å². The first-order valence-electron chi connectivity index (χ1n) is 8.93. The van der Waals surface area contributed by atoms with Crippen LogP contribution in [0, 0.1) is 0 Å². The fourth-order valence-corrected chi connectivity index (χ4v) is 4.02. The molecule has 0 saturated heterocycles. The third-order valence-electron chi connectivity index (χ3n) is 4.74. The van der Waals surface area contributed by atoms with Crippen molar-refractivity contribution < 1.29 is 14.7 Å². The van der Waals surface area contributed by atoms with Crippen molar-refractivity contribution in [1.29, 1.82) is 0 Å². The molecule has 0 aliphatic carbocycles. The van der Waals surface area contributed by atoms with E-state index in [9.17, 15) is 14.7 Å². The number of rotatable bonds is 4. The minimum absolute atomic E-state index is 0.0300. The summed E-state index contributed by atoms with van der Waals surface area (Å²) in [7, 11) is 0. The number of benzene rings is 2. The van der Waals surface area contributed by atoms with Crippen molar-refractivity contribution in [2.24, 2.45) is 0 Å². The molecule has 6 nitrogen and oxygen atoms in total. The van der Waals surface area contributed by atoms with E-state index in [2.05, 4.69) is 10.3 Å². The Morgan fingerprint density at radius 2 is 2.04 bits per heavy atom. The zero-order valence-electron chi connectivity index (χ0n) is 15.5. The van der Waals surface area contributed by atoms with Crippen molar-refractivity contribution in [2.75, 3.05) is 16.8 Å². The molecule has 4 rings (SSSR count). The monoisotopic (exact) mass is 393 g/mol. The lowest BCUT2D eigenvalue weighted by molar-refractivity contribution is -0.119. The molecule has 1 aliphatic heterocycles. The number of aliphatic hydroxyl groups is 1. The Hall–Kier alpha value is -3.19. The molecule has 1 aromatic heterocycles. The second-order valence-electron chi connectivity index (χ2n) is 6.91. The van der Waals surface area contributed by atoms with Crippen molar-refractivity contribution >= 4 is 44.7 Å². The van der Waals surface area contributed by atoms with Crippen LogP contribution in [0.15, 0.2) is 59.3 Å². The third-order valence-corrected chi connectivity index (χ3v) is 5.53. The van der Waals surface area contributed by atoms with Gasteiger partial charge in [-0.05, 0) is 35.7 Å². The van der Waals surface area contributed by atoms with E-state index in [1.54, 1.807) is 17.6 Å². The molecule has 0 spiro atoms. The average Bonchev–Trinajstić information content (AvgIpc) is 3.25. The lowest BCUT2D eigenvalue weighted by Gasteiger charge is -2.17. The van der Waals surface area contributed by atoms with Crippen LogP contribution >= 0.6 is 11.3 Å². The minimum Gasteiger partial charge on any atom is -0.509 e. The first-order chi connectivity index (χ1) is 13.5. The van der Waals surface area contributed by atoms with Gasteiger partial charge in [-0.3, -0.25) is 9.59 Å². The van der Waals surface area contributed by atoms with Gasteiger partial charge < -0.3 is 15.3 Å². The number of thiazole rings is 1. The number of hydrogen-bond donors (Lipinski definition) is 2. The van der Waals surface area contributed by atoms with Crippen molar-refractivity contribution in [1.82, 2.24) is 4.98 Å². The number of fused-ring (bicyclic) bond motifs is 1. The summed E-state index contributed by atoms with van der Waals surface area (Å²) in [6.07, 6.45) is 0. The lowest BCUT2D eigenvalue weighted by Crippen LogP contribution is -2.30. The molecule has 0 saturated carbocycles. The molecular formula is C21H19N3O3S. The standard InChI is InChI=1S/C21H19N3O3S/c1-12(2)14-5-3-4-6-15(14)23-20(26)19-17(25)10-24(21(19)27)13-7-8-16-18(9-13)28-11-22-16/h3-9,11-12,25H,10H2,1-2H3,(H,23,26). The number of nitrogens with zero attached hydrogens (tertiary/aromatic N) is 2. The highest BCUT2D eigenvalue weighted by atomic mass is 32.1. The Labute approximate surface area is 166 Å². The van der Waals surface area contributed by atoms with Gasteiger partial charge in [-0.25, -0.2) is 4.98 Å². The Balaban J connectivity index is 1.59. The van der Waals surface area contributed by atoms with Crippen molar-refractivity contribution in [2.45, 2.75) is 19.8 Å². The normalized spacial score (nSPS) is 14.4. The zero-order chi connectivity index (χ0) is 19.8. The highest BCUT2D eigenvalue weighted by Crippen LogP contribution is 2.30. The van der Waals surface area contributed by atoms with E-state index in [4.69, 9.17) is 0 Å². The second-order valence-corrected chi connectivity index (χ2v) is 7.80. The van der Waals surface area contributed by atoms with Crippen LogP contribution in [0.5, 0.6) is 0 Å². The molecule has 0 fully saturated rings. The summed E-state index contributed by atoms with van der Waals surface area (Å²) in [5.74, 6) is -1.13. The molecule has 28 heavy (non-hydrogen) atoms. The maximum absolute atomic E-state index is 12.9. The molecule has 7 heteroatoms. The predicted octanol–water partition coefficient (Wildman–Crippen LogP) is 4.22. The summed E-state index contributed by atoms with van der Waals surface area (Å²) >= 11 is 1.47. The van der Waals surface area contributed by atoms with E-state index in [0.717, 1.165) is 15.8 Å². The first kappa shape index (κ1) is 18.2. The summed E-state index contributed by atoms with van der Waals surface area (Å²) in [6, 6.07) is 12.9. The molecule has 0 unspecified atom stereocenters. The maximum Gasteiger partial charge on any atom is 0.267 e. The number of anilines is 2. The molecule has 0 bridgehead atoms. The van der Waals surface area contributed by atoms with Gasteiger partial charge in [0.15, 0.2) is 0 Å². The number of carbonyl (C=O) groups excluding carboxylic acids is 2. The van der Waals surface area contributed by atoms with Crippen LogP contribution in [0.1, 0.15) is 25.3 Å². The Kier molecular flexibility index (Phi) is 4.60. The van der Waals surface area contributed by atoms with Crippen molar-refractivity contribution in [3.63, 3.8) is 0 Å². The quantitative estimate of drug-likeness (QED) is 0.650.